The van der Waals surface area contributed by atoms with Crippen LogP contribution in [0.3, 0.4) is 0 Å². The molecule has 0 bridgehead atoms. The molecule has 8 nitrogen and oxygen atoms in total. The summed E-state index contributed by atoms with van der Waals surface area (Å²) in [6.45, 7) is 4.05. The molecule has 0 aromatic heterocycles. The van der Waals surface area contributed by atoms with Gasteiger partial charge in [0.1, 0.15) is 0 Å². The minimum atomic E-state index is -0.0663. The van der Waals surface area contributed by atoms with E-state index in [0.717, 1.165) is 57.5 Å². The number of benzene rings is 2. The Morgan fingerprint density at radius 1 is 0.921 bits per heavy atom. The Kier molecular flexibility index (Phi) is 8.40. The van der Waals surface area contributed by atoms with E-state index in [2.05, 4.69) is 48.1 Å². The highest BCUT2D eigenvalue weighted by atomic mass is 79.9. The lowest BCUT2D eigenvalue weighted by Gasteiger charge is -2.44. The lowest BCUT2D eigenvalue weighted by atomic mass is 9.96. The number of rotatable bonds is 6. The molecule has 0 saturated carbocycles. The van der Waals surface area contributed by atoms with Crippen molar-refractivity contribution in [3.8, 4) is 0 Å². The van der Waals surface area contributed by atoms with E-state index in [1.54, 1.807) is 12.1 Å². The van der Waals surface area contributed by atoms with E-state index in [9.17, 15) is 14.4 Å². The summed E-state index contributed by atoms with van der Waals surface area (Å²) in [7, 11) is 0. The van der Waals surface area contributed by atoms with Crippen molar-refractivity contribution >= 4 is 61.0 Å². The maximum absolute atomic E-state index is 12.8. The van der Waals surface area contributed by atoms with E-state index in [4.69, 9.17) is 5.73 Å². The maximum Gasteiger partial charge on any atom is 0.322 e. The number of fused-ring (bicyclic) bond motifs is 1. The number of ketones is 1. The van der Waals surface area contributed by atoms with E-state index < -0.39 is 0 Å². The van der Waals surface area contributed by atoms with Crippen molar-refractivity contribution in [2.24, 2.45) is 0 Å². The van der Waals surface area contributed by atoms with E-state index in [0.29, 0.717) is 32.8 Å². The first kappa shape index (κ1) is 27.1. The molecule has 2 aromatic rings. The number of nitrogen functional groups attached to an aromatic ring is 1. The van der Waals surface area contributed by atoms with Gasteiger partial charge < -0.3 is 25.8 Å². The summed E-state index contributed by atoms with van der Waals surface area (Å²) in [4.78, 5) is 44.6. The number of likely N-dealkylation sites (tertiary alicyclic amines) is 2. The molecule has 3 heterocycles. The molecule has 3 N–H and O–H groups in total. The molecule has 202 valence electrons. The molecule has 0 radical (unpaired) electrons. The summed E-state index contributed by atoms with van der Waals surface area (Å²) < 4.78 is 1.33. The first-order valence-electron chi connectivity index (χ1n) is 13.2. The third kappa shape index (κ3) is 5.92. The molecular formula is C28H33Br2N5O3. The zero-order valence-corrected chi connectivity index (χ0v) is 24.5. The molecule has 0 spiro atoms. The van der Waals surface area contributed by atoms with Crippen molar-refractivity contribution in [3.05, 3.63) is 56.5 Å². The molecule has 38 heavy (non-hydrogen) atoms. The number of Topliss-reactive ketones (excluding diaryl/α,β-unsaturated/α-hetero) is 1. The molecular weight excluding hydrogens is 614 g/mol. The SMILES string of the molecule is Nc1c(Br)cc(C(=O)CCC(=O)N2CCC(N3CCC(N4Cc5ccccc5NC4=O)CC3)CC2)cc1Br. The quantitative estimate of drug-likeness (QED) is 0.330. The van der Waals surface area contributed by atoms with E-state index >= 15 is 0 Å². The number of nitrogens with two attached hydrogens (primary N) is 1. The van der Waals surface area contributed by atoms with Gasteiger partial charge in [-0.15, -0.1) is 0 Å². The van der Waals surface area contributed by atoms with Crippen LogP contribution in [0.15, 0.2) is 45.3 Å². The number of anilines is 2. The number of nitrogens with one attached hydrogen (secondary N) is 1. The van der Waals surface area contributed by atoms with Crippen LogP contribution < -0.4 is 11.1 Å². The number of carbonyl (C=O) groups excluding carboxylic acids is 3. The highest BCUT2D eigenvalue weighted by molar-refractivity contribution is 9.11. The Hall–Kier alpha value is -2.43. The van der Waals surface area contributed by atoms with Crippen molar-refractivity contribution in [3.63, 3.8) is 0 Å². The van der Waals surface area contributed by atoms with Gasteiger partial charge in [-0.05, 0) is 81.3 Å². The van der Waals surface area contributed by atoms with Crippen molar-refractivity contribution in [1.82, 2.24) is 14.7 Å². The lowest BCUT2D eigenvalue weighted by molar-refractivity contribution is -0.132. The number of hydrogen-bond acceptors (Lipinski definition) is 5. The number of nitrogens with zero attached hydrogens (tertiary/aromatic N) is 3. The van der Waals surface area contributed by atoms with Crippen LogP contribution in [-0.2, 0) is 11.3 Å². The van der Waals surface area contributed by atoms with Crippen molar-refractivity contribution < 1.29 is 14.4 Å². The Bertz CT molecular complexity index is 1200. The van der Waals surface area contributed by atoms with Gasteiger partial charge >= 0.3 is 6.03 Å². The smallest absolute Gasteiger partial charge is 0.322 e. The Balaban J connectivity index is 1.06. The van der Waals surface area contributed by atoms with Gasteiger partial charge in [-0.2, -0.15) is 0 Å². The van der Waals surface area contributed by atoms with Crippen molar-refractivity contribution in [2.45, 2.75) is 57.2 Å². The van der Waals surface area contributed by atoms with E-state index in [-0.39, 0.29) is 36.6 Å². The van der Waals surface area contributed by atoms with Crippen LogP contribution in [0.25, 0.3) is 0 Å². The molecule has 0 unspecified atom stereocenters. The summed E-state index contributed by atoms with van der Waals surface area (Å²) in [6.07, 6.45) is 4.22. The fraction of sp³-hybridized carbons (Fsp3) is 0.464. The Labute approximate surface area is 240 Å². The Morgan fingerprint density at radius 2 is 1.55 bits per heavy atom. The summed E-state index contributed by atoms with van der Waals surface area (Å²) in [5, 5.41) is 3.04. The average Bonchev–Trinajstić information content (AvgIpc) is 2.94. The van der Waals surface area contributed by atoms with Gasteiger partial charge in [0.15, 0.2) is 5.78 Å². The highest BCUT2D eigenvalue weighted by Crippen LogP contribution is 2.31. The molecule has 0 aliphatic carbocycles. The number of urea groups is 1. The normalized spacial score (nSPS) is 19.3. The van der Waals surface area contributed by atoms with Gasteiger partial charge in [-0.25, -0.2) is 4.79 Å². The number of carbonyl (C=O) groups is 3. The average molecular weight is 647 g/mol. The molecule has 3 amide bonds. The van der Waals surface area contributed by atoms with Crippen LogP contribution in [0.4, 0.5) is 16.2 Å². The summed E-state index contributed by atoms with van der Waals surface area (Å²) in [6, 6.07) is 12.1. The fourth-order valence-corrected chi connectivity index (χ4v) is 7.02. The predicted octanol–water partition coefficient (Wildman–Crippen LogP) is 5.26. The fourth-order valence-electron chi connectivity index (χ4n) is 5.83. The first-order valence-corrected chi connectivity index (χ1v) is 14.8. The molecule has 2 aromatic carbocycles. The van der Waals surface area contributed by atoms with Crippen LogP contribution in [0.1, 0.15) is 54.4 Å². The molecule has 5 rings (SSSR count). The lowest BCUT2D eigenvalue weighted by Crippen LogP contribution is -2.53. The van der Waals surface area contributed by atoms with E-state index in [1.807, 2.05) is 28.0 Å². The zero-order valence-electron chi connectivity index (χ0n) is 21.3. The summed E-state index contributed by atoms with van der Waals surface area (Å²) in [5.74, 6) is -0.0242. The number of halogens is 2. The number of amides is 3. The molecule has 0 atom stereocenters. The minimum absolute atomic E-state index is 0.00381. The second kappa shape index (κ2) is 11.8. The number of piperidine rings is 2. The van der Waals surface area contributed by atoms with Crippen molar-refractivity contribution in [1.29, 1.82) is 0 Å². The van der Waals surface area contributed by atoms with Crippen LogP contribution in [0.5, 0.6) is 0 Å². The van der Waals surface area contributed by atoms with E-state index in [1.165, 1.54) is 5.56 Å². The second-order valence-corrected chi connectivity index (χ2v) is 12.1. The van der Waals surface area contributed by atoms with Crippen molar-refractivity contribution in [2.75, 3.05) is 37.2 Å². The third-order valence-corrected chi connectivity index (χ3v) is 9.41. The first-order chi connectivity index (χ1) is 18.3. The van der Waals surface area contributed by atoms with Gasteiger partial charge in [0.05, 0.1) is 5.69 Å². The molecule has 2 fully saturated rings. The number of para-hydroxylation sites is 1. The van der Waals surface area contributed by atoms with Gasteiger partial charge in [-0.3, -0.25) is 9.59 Å². The van der Waals surface area contributed by atoms with Gasteiger partial charge in [-0.1, -0.05) is 18.2 Å². The second-order valence-electron chi connectivity index (χ2n) is 10.4. The molecule has 3 aliphatic rings. The predicted molar refractivity (Wildman–Crippen MR) is 155 cm³/mol. The topological polar surface area (TPSA) is 99.0 Å². The van der Waals surface area contributed by atoms with Crippen LogP contribution >= 0.6 is 31.9 Å². The van der Waals surface area contributed by atoms with Crippen LogP contribution in [-0.4, -0.2) is 70.7 Å². The van der Waals surface area contributed by atoms with Crippen LogP contribution in [0, 0.1) is 0 Å². The zero-order chi connectivity index (χ0) is 26.8. The Morgan fingerprint density at radius 3 is 2.24 bits per heavy atom. The number of hydrogen-bond donors (Lipinski definition) is 2. The third-order valence-electron chi connectivity index (χ3n) is 8.10. The van der Waals surface area contributed by atoms with Crippen LogP contribution in [0.2, 0.25) is 0 Å². The van der Waals surface area contributed by atoms with Gasteiger partial charge in [0.2, 0.25) is 5.91 Å². The van der Waals surface area contributed by atoms with Gasteiger partial charge in [0, 0.05) is 77.8 Å². The molecule has 10 heteroatoms. The monoisotopic (exact) mass is 645 g/mol. The molecule has 2 saturated heterocycles. The largest absolute Gasteiger partial charge is 0.397 e. The summed E-state index contributed by atoms with van der Waals surface area (Å²) >= 11 is 6.74. The summed E-state index contributed by atoms with van der Waals surface area (Å²) in [5.41, 5.74) is 9.09. The molecule has 3 aliphatic heterocycles. The highest BCUT2D eigenvalue weighted by Gasteiger charge is 2.34. The maximum atomic E-state index is 12.8. The minimum Gasteiger partial charge on any atom is -0.397 e. The van der Waals surface area contributed by atoms with Gasteiger partial charge in [0.25, 0.3) is 0 Å². The standard InChI is InChI=1S/C28H33Br2N5O3/c29-22-15-19(16-23(30)27(22)31)25(36)5-6-26(37)34-13-7-20(8-14-34)33-11-9-21(10-12-33)35-17-18-3-1-2-4-24(18)32-28(35)38/h1-4,15-16,20-21H,5-14,17,31H2,(H,32,38).